The Kier molecular flexibility index (Phi) is 8.19. The van der Waals surface area contributed by atoms with E-state index in [9.17, 15) is 9.59 Å². The number of urea groups is 1. The Hall–Kier alpha value is -4.24. The number of para-hydroxylation sites is 1. The second-order valence-corrected chi connectivity index (χ2v) is 11.3. The summed E-state index contributed by atoms with van der Waals surface area (Å²) in [5.74, 6) is 0.593. The van der Waals surface area contributed by atoms with Crippen molar-refractivity contribution in [2.24, 2.45) is 5.73 Å². The number of amides is 3. The molecule has 3 amide bonds. The minimum atomic E-state index is -0.475. The summed E-state index contributed by atoms with van der Waals surface area (Å²) in [6.45, 7) is 3.22. The fourth-order valence-corrected chi connectivity index (χ4v) is 6.20. The van der Waals surface area contributed by atoms with Crippen LogP contribution in [0.5, 0.6) is 11.6 Å². The van der Waals surface area contributed by atoms with E-state index in [2.05, 4.69) is 16.0 Å². The first-order valence-corrected chi connectivity index (χ1v) is 14.6. The summed E-state index contributed by atoms with van der Waals surface area (Å²) in [6, 6.07) is 28.8. The molecule has 8 nitrogen and oxygen atoms in total. The second-order valence-electron chi connectivity index (χ2n) is 10.9. The lowest BCUT2D eigenvalue weighted by molar-refractivity contribution is -0.867. The molecule has 4 aromatic rings. The number of rotatable bonds is 8. The summed E-state index contributed by atoms with van der Waals surface area (Å²) in [5.41, 5.74) is 8.86. The molecule has 42 heavy (non-hydrogen) atoms. The maximum atomic E-state index is 13.9. The molecule has 6 rings (SSSR count). The lowest BCUT2D eigenvalue weighted by Crippen LogP contribution is -3.17. The average molecular weight is 583 g/mol. The Labute approximate surface area is 250 Å². The number of aromatic nitrogens is 1. The largest absolute Gasteiger partial charge is 0.439 e. The molecule has 3 N–H and O–H groups in total. The van der Waals surface area contributed by atoms with Gasteiger partial charge in [-0.25, -0.2) is 14.7 Å². The average Bonchev–Trinajstić information content (AvgIpc) is 3.36. The molecule has 2 atom stereocenters. The number of pyridine rings is 1. The van der Waals surface area contributed by atoms with Crippen LogP contribution in [0.3, 0.4) is 0 Å². The molecule has 214 valence electrons. The number of nitrogens with two attached hydrogens (primary N) is 1. The van der Waals surface area contributed by atoms with Crippen LogP contribution >= 0.6 is 11.6 Å². The predicted octanol–water partition coefficient (Wildman–Crippen LogP) is 4.86. The number of anilines is 1. The number of carbonyl (C=O) groups excluding carboxylic acids is 2. The number of halogens is 1. The van der Waals surface area contributed by atoms with Gasteiger partial charge in [0.25, 0.3) is 0 Å². The minimum Gasteiger partial charge on any atom is -0.439 e. The molecule has 0 radical (unpaired) electrons. The maximum Gasteiger partial charge on any atom is 0.422 e. The van der Waals surface area contributed by atoms with Crippen molar-refractivity contribution in [1.29, 1.82) is 0 Å². The Morgan fingerprint density at radius 3 is 2.40 bits per heavy atom. The summed E-state index contributed by atoms with van der Waals surface area (Å²) in [7, 11) is 0. The highest BCUT2D eigenvalue weighted by atomic mass is 35.5. The van der Waals surface area contributed by atoms with Gasteiger partial charge in [-0.2, -0.15) is 0 Å². The van der Waals surface area contributed by atoms with Gasteiger partial charge in [-0.3, -0.25) is 14.6 Å². The number of carbonyl (C=O) groups is 2. The highest BCUT2D eigenvalue weighted by Crippen LogP contribution is 2.26. The van der Waals surface area contributed by atoms with Gasteiger partial charge in [0.15, 0.2) is 0 Å². The number of primary amides is 1. The van der Waals surface area contributed by atoms with Crippen LogP contribution in [0.4, 0.5) is 10.5 Å². The van der Waals surface area contributed by atoms with Gasteiger partial charge in [-0.15, -0.1) is 0 Å². The Balaban J connectivity index is 1.09. The van der Waals surface area contributed by atoms with Crippen LogP contribution in [-0.4, -0.2) is 47.5 Å². The molecule has 2 fully saturated rings. The first kappa shape index (κ1) is 27.9. The normalized spacial score (nSPS) is 19.6. The summed E-state index contributed by atoms with van der Waals surface area (Å²) in [4.78, 5) is 34.9. The molecule has 2 aliphatic rings. The summed E-state index contributed by atoms with van der Waals surface area (Å²) < 4.78 is 5.81. The van der Waals surface area contributed by atoms with Gasteiger partial charge >= 0.3 is 6.03 Å². The molecule has 2 unspecified atom stereocenters. The van der Waals surface area contributed by atoms with E-state index in [-0.39, 0.29) is 18.1 Å². The monoisotopic (exact) mass is 582 g/mol. The molecule has 2 saturated heterocycles. The third kappa shape index (κ3) is 6.16. The zero-order valence-electron chi connectivity index (χ0n) is 23.2. The number of nitrogens with zero attached hydrogens (tertiary/aromatic N) is 3. The van der Waals surface area contributed by atoms with E-state index in [4.69, 9.17) is 22.1 Å². The number of quaternary nitrogens is 1. The molecule has 0 aliphatic carbocycles. The van der Waals surface area contributed by atoms with E-state index < -0.39 is 5.91 Å². The van der Waals surface area contributed by atoms with Crippen LogP contribution < -0.4 is 20.3 Å². The topological polar surface area (TPSA) is 93.2 Å². The van der Waals surface area contributed by atoms with Crippen molar-refractivity contribution in [2.75, 3.05) is 24.5 Å². The molecule has 3 aromatic carbocycles. The Morgan fingerprint density at radius 2 is 1.74 bits per heavy atom. The number of likely N-dealkylation sites (tertiary alicyclic amines) is 1. The van der Waals surface area contributed by atoms with Crippen LogP contribution in [0.25, 0.3) is 0 Å². The van der Waals surface area contributed by atoms with E-state index in [1.54, 1.807) is 24.3 Å². The van der Waals surface area contributed by atoms with E-state index in [1.807, 2.05) is 71.8 Å². The number of nitrogens with one attached hydrogen (secondary N) is 1. The van der Waals surface area contributed by atoms with Crippen molar-refractivity contribution in [3.05, 3.63) is 119 Å². The smallest absolute Gasteiger partial charge is 0.422 e. The van der Waals surface area contributed by atoms with Crippen molar-refractivity contribution in [3.8, 4) is 11.6 Å². The van der Waals surface area contributed by atoms with Gasteiger partial charge in [0, 0.05) is 66.6 Å². The van der Waals surface area contributed by atoms with E-state index in [0.29, 0.717) is 28.8 Å². The molecule has 1 aromatic heterocycles. The number of hydrogen-bond acceptors (Lipinski definition) is 5. The fraction of sp³-hybridized carbons (Fsp3) is 0.242. The van der Waals surface area contributed by atoms with Crippen LogP contribution in [0.15, 0.2) is 97.2 Å². The lowest BCUT2D eigenvalue weighted by Gasteiger charge is -2.35. The van der Waals surface area contributed by atoms with E-state index in [1.165, 1.54) is 0 Å². The highest BCUT2D eigenvalue weighted by Gasteiger charge is 2.48. The number of benzene rings is 3. The molecule has 0 saturated carbocycles. The van der Waals surface area contributed by atoms with Gasteiger partial charge in [0.05, 0.1) is 12.6 Å². The van der Waals surface area contributed by atoms with Crippen molar-refractivity contribution >= 4 is 29.2 Å². The Morgan fingerprint density at radius 1 is 0.976 bits per heavy atom. The van der Waals surface area contributed by atoms with Crippen molar-refractivity contribution in [2.45, 2.75) is 31.5 Å². The first-order valence-electron chi connectivity index (χ1n) is 14.2. The van der Waals surface area contributed by atoms with Gasteiger partial charge < -0.3 is 10.5 Å². The van der Waals surface area contributed by atoms with Crippen LogP contribution in [0.1, 0.15) is 40.4 Å². The van der Waals surface area contributed by atoms with Crippen molar-refractivity contribution in [1.82, 2.24) is 9.88 Å². The summed E-state index contributed by atoms with van der Waals surface area (Å²) in [6.07, 6.45) is 3.69. The Bertz CT molecular complexity index is 1540. The standard InChI is InChI=1S/C33H32ClN5O3/c34-26-6-4-5-25(19-26)30-22-38(27-7-2-1-3-8-27)33(41)39(30)28-15-17-37(18-16-28)21-23-9-14-31(36-20-23)42-29-12-10-24(11-13-29)32(35)40/h1-14,19-20,28,30H,15-18,21-22H2,(H2,35,40)/p+1. The third-order valence-electron chi connectivity index (χ3n) is 8.14. The van der Waals surface area contributed by atoms with Gasteiger partial charge in [0.1, 0.15) is 11.8 Å². The molecular formula is C33H33ClN5O3+. The lowest BCUT2D eigenvalue weighted by atomic mass is 9.99. The zero-order valence-corrected chi connectivity index (χ0v) is 23.9. The van der Waals surface area contributed by atoms with Crippen molar-refractivity contribution in [3.63, 3.8) is 0 Å². The van der Waals surface area contributed by atoms with Gasteiger partial charge in [-0.05, 0) is 54.1 Å². The summed E-state index contributed by atoms with van der Waals surface area (Å²) >= 11 is 6.37. The summed E-state index contributed by atoms with van der Waals surface area (Å²) in [5, 5.41) is 0.693. The molecule has 2 aliphatic heterocycles. The zero-order chi connectivity index (χ0) is 29.1. The van der Waals surface area contributed by atoms with Gasteiger partial charge in [0.2, 0.25) is 11.8 Å². The minimum absolute atomic E-state index is 0.0247. The van der Waals surface area contributed by atoms with Crippen LogP contribution in [0, 0.1) is 0 Å². The molecular weight excluding hydrogens is 550 g/mol. The maximum absolute atomic E-state index is 13.9. The fourth-order valence-electron chi connectivity index (χ4n) is 6.00. The first-order chi connectivity index (χ1) is 20.4. The third-order valence-corrected chi connectivity index (χ3v) is 8.38. The quantitative estimate of drug-likeness (QED) is 0.310. The highest BCUT2D eigenvalue weighted by molar-refractivity contribution is 6.30. The number of hydrogen-bond donors (Lipinski definition) is 2. The second kappa shape index (κ2) is 12.3. The molecule has 0 bridgehead atoms. The van der Waals surface area contributed by atoms with Gasteiger partial charge in [-0.1, -0.05) is 48.0 Å². The van der Waals surface area contributed by atoms with Crippen LogP contribution in [0.2, 0.25) is 5.02 Å². The SMILES string of the molecule is NC(=O)c1ccc(Oc2ccc(CN3CCC([NH+]4C(=O)N(c5ccccc5)CC4c4cccc(Cl)c4)CC3)cn2)cc1. The molecule has 0 spiro atoms. The van der Waals surface area contributed by atoms with E-state index in [0.717, 1.165) is 54.2 Å². The van der Waals surface area contributed by atoms with E-state index >= 15 is 0 Å². The predicted molar refractivity (Wildman–Crippen MR) is 162 cm³/mol. The molecule has 3 heterocycles. The number of ether oxygens (including phenoxy) is 1. The number of piperidine rings is 1. The van der Waals surface area contributed by atoms with Crippen molar-refractivity contribution < 1.29 is 19.2 Å². The molecule has 9 heteroatoms. The van der Waals surface area contributed by atoms with Crippen LogP contribution in [-0.2, 0) is 6.54 Å².